The molecule has 1 aromatic heterocycles. The van der Waals surface area contributed by atoms with E-state index in [4.69, 9.17) is 16.3 Å². The number of ether oxygens (including phenoxy) is 1. The molecule has 0 fully saturated rings. The van der Waals surface area contributed by atoms with Crippen LogP contribution in [0.1, 0.15) is 11.3 Å². The minimum absolute atomic E-state index is 0.0583. The zero-order valence-electron chi connectivity index (χ0n) is 11.7. The van der Waals surface area contributed by atoms with Crippen LogP contribution in [0.4, 0.5) is 4.79 Å². The number of fused-ring (bicyclic) bond motifs is 3. The highest BCUT2D eigenvalue weighted by Gasteiger charge is 2.37. The molecule has 116 valence electrons. The number of halogens is 1. The van der Waals surface area contributed by atoms with E-state index in [0.29, 0.717) is 0 Å². The minimum Gasteiger partial charge on any atom is -0.480 e. The van der Waals surface area contributed by atoms with E-state index in [-0.39, 0.29) is 25.5 Å². The fourth-order valence-corrected chi connectivity index (χ4v) is 2.91. The summed E-state index contributed by atoms with van der Waals surface area (Å²) in [6, 6.07) is 6.76. The molecule has 0 saturated carbocycles. The second-order valence-corrected chi connectivity index (χ2v) is 5.50. The number of aromatic amines is 1. The van der Waals surface area contributed by atoms with Gasteiger partial charge >= 0.3 is 12.1 Å². The van der Waals surface area contributed by atoms with Crippen LogP contribution < -0.4 is 0 Å². The molecule has 0 spiro atoms. The number of carbonyl (C=O) groups is 2. The molecule has 6 nitrogen and oxygen atoms in total. The van der Waals surface area contributed by atoms with Crippen molar-refractivity contribution in [2.45, 2.75) is 19.0 Å². The summed E-state index contributed by atoms with van der Waals surface area (Å²) in [5.41, 5.74) is 2.73. The average molecular weight is 323 g/mol. The van der Waals surface area contributed by atoms with Gasteiger partial charge in [0.05, 0.1) is 12.4 Å². The largest absolute Gasteiger partial charge is 0.480 e. The molecule has 0 aliphatic carbocycles. The number of carboxylic acids is 1. The van der Waals surface area contributed by atoms with Crippen LogP contribution in [0.15, 0.2) is 24.3 Å². The maximum Gasteiger partial charge on any atom is 0.410 e. The fourth-order valence-electron chi connectivity index (χ4n) is 2.83. The lowest BCUT2D eigenvalue weighted by atomic mass is 9.97. The number of aromatic nitrogens is 1. The van der Waals surface area contributed by atoms with E-state index in [0.717, 1.165) is 22.2 Å². The Hall–Kier alpha value is -2.21. The first kappa shape index (κ1) is 14.7. The van der Waals surface area contributed by atoms with Gasteiger partial charge in [0, 0.05) is 23.0 Å². The lowest BCUT2D eigenvalue weighted by Gasteiger charge is -2.32. The van der Waals surface area contributed by atoms with Crippen LogP contribution in [0.25, 0.3) is 10.9 Å². The summed E-state index contributed by atoms with van der Waals surface area (Å²) in [7, 11) is 0. The molecule has 1 unspecified atom stereocenters. The van der Waals surface area contributed by atoms with Crippen molar-refractivity contribution in [3.63, 3.8) is 0 Å². The highest BCUT2D eigenvalue weighted by atomic mass is 35.5. The van der Waals surface area contributed by atoms with Gasteiger partial charge in [-0.05, 0) is 11.6 Å². The summed E-state index contributed by atoms with van der Waals surface area (Å²) in [5, 5.41) is 10.4. The summed E-state index contributed by atoms with van der Waals surface area (Å²) in [6.07, 6.45) is -0.401. The maximum atomic E-state index is 12.1. The number of amides is 1. The number of carbonyl (C=O) groups excluding carboxylic acids is 1. The Labute approximate surface area is 131 Å². The number of nitrogens with one attached hydrogen (secondary N) is 1. The molecule has 0 radical (unpaired) electrons. The Morgan fingerprint density at radius 1 is 1.41 bits per heavy atom. The second kappa shape index (κ2) is 5.88. The van der Waals surface area contributed by atoms with Crippen molar-refractivity contribution >= 4 is 34.6 Å². The molecule has 22 heavy (non-hydrogen) atoms. The van der Waals surface area contributed by atoms with Gasteiger partial charge < -0.3 is 14.8 Å². The Balaban J connectivity index is 1.96. The normalized spacial score (nSPS) is 17.3. The molecule has 3 rings (SSSR count). The first-order chi connectivity index (χ1) is 10.6. The third-order valence-corrected chi connectivity index (χ3v) is 3.98. The van der Waals surface area contributed by atoms with E-state index >= 15 is 0 Å². The Bertz CT molecular complexity index is 727. The molecule has 2 N–H and O–H groups in total. The van der Waals surface area contributed by atoms with E-state index in [1.165, 1.54) is 4.90 Å². The van der Waals surface area contributed by atoms with E-state index in [2.05, 4.69) is 4.98 Å². The highest BCUT2D eigenvalue weighted by Crippen LogP contribution is 2.30. The Morgan fingerprint density at radius 3 is 2.91 bits per heavy atom. The van der Waals surface area contributed by atoms with Crippen LogP contribution in [0, 0.1) is 0 Å². The van der Waals surface area contributed by atoms with Crippen molar-refractivity contribution in [1.29, 1.82) is 0 Å². The van der Waals surface area contributed by atoms with Crippen molar-refractivity contribution in [2.24, 2.45) is 0 Å². The number of benzene rings is 1. The summed E-state index contributed by atoms with van der Waals surface area (Å²) in [5.74, 6) is -0.867. The molecule has 1 atom stereocenters. The average Bonchev–Trinajstić information content (AvgIpc) is 2.88. The molecule has 1 aromatic carbocycles. The maximum absolute atomic E-state index is 12.1. The number of para-hydroxylation sites is 1. The van der Waals surface area contributed by atoms with Gasteiger partial charge in [0.1, 0.15) is 12.6 Å². The zero-order chi connectivity index (χ0) is 15.7. The quantitative estimate of drug-likeness (QED) is 0.850. The van der Waals surface area contributed by atoms with Crippen LogP contribution in [0.2, 0.25) is 0 Å². The van der Waals surface area contributed by atoms with Gasteiger partial charge in [-0.25, -0.2) is 9.59 Å². The minimum atomic E-state index is -1.04. The van der Waals surface area contributed by atoms with Crippen molar-refractivity contribution in [1.82, 2.24) is 9.88 Å². The monoisotopic (exact) mass is 322 g/mol. The van der Waals surface area contributed by atoms with Crippen molar-refractivity contribution in [2.75, 3.05) is 12.5 Å². The summed E-state index contributed by atoms with van der Waals surface area (Å²) in [4.78, 5) is 28.1. The number of carboxylic acid groups (broad SMARTS) is 1. The number of rotatable bonds is 3. The van der Waals surface area contributed by atoms with Gasteiger partial charge in [0.2, 0.25) is 0 Å². The molecule has 1 amide bonds. The molecule has 0 saturated heterocycles. The van der Waals surface area contributed by atoms with Crippen LogP contribution in [-0.2, 0) is 22.5 Å². The SMILES string of the molecule is O=C(O)C1Cc2c([nH]c3ccccc23)CN1C(=O)OCCCl. The molecular formula is C15H15ClN2O4. The van der Waals surface area contributed by atoms with E-state index in [1.54, 1.807) is 0 Å². The summed E-state index contributed by atoms with van der Waals surface area (Å²) >= 11 is 5.50. The number of H-pyrrole nitrogens is 1. The Morgan fingerprint density at radius 2 is 2.18 bits per heavy atom. The lowest BCUT2D eigenvalue weighted by molar-refractivity contribution is -0.143. The second-order valence-electron chi connectivity index (χ2n) is 5.12. The van der Waals surface area contributed by atoms with E-state index < -0.39 is 18.1 Å². The van der Waals surface area contributed by atoms with Crippen LogP contribution in [-0.4, -0.2) is 45.6 Å². The van der Waals surface area contributed by atoms with Gasteiger partial charge in [-0.15, -0.1) is 11.6 Å². The van der Waals surface area contributed by atoms with Crippen molar-refractivity contribution in [3.05, 3.63) is 35.5 Å². The molecule has 1 aliphatic heterocycles. The molecule has 0 bridgehead atoms. The highest BCUT2D eigenvalue weighted by molar-refractivity contribution is 6.18. The number of hydrogen-bond acceptors (Lipinski definition) is 3. The molecular weight excluding hydrogens is 308 g/mol. The van der Waals surface area contributed by atoms with Crippen molar-refractivity contribution < 1.29 is 19.4 Å². The molecule has 2 heterocycles. The van der Waals surface area contributed by atoms with Gasteiger partial charge in [-0.3, -0.25) is 4.90 Å². The van der Waals surface area contributed by atoms with Gasteiger partial charge in [-0.1, -0.05) is 18.2 Å². The third-order valence-electron chi connectivity index (χ3n) is 3.83. The summed E-state index contributed by atoms with van der Waals surface area (Å²) in [6.45, 7) is 0.241. The predicted octanol–water partition coefficient (Wildman–Crippen LogP) is 2.35. The zero-order valence-corrected chi connectivity index (χ0v) is 12.5. The lowest BCUT2D eigenvalue weighted by Crippen LogP contribution is -2.48. The number of aliphatic carboxylic acids is 1. The van der Waals surface area contributed by atoms with Gasteiger partial charge in [-0.2, -0.15) is 0 Å². The van der Waals surface area contributed by atoms with Crippen molar-refractivity contribution in [3.8, 4) is 0 Å². The van der Waals surface area contributed by atoms with Crippen LogP contribution in [0.3, 0.4) is 0 Å². The van der Waals surface area contributed by atoms with E-state index in [9.17, 15) is 14.7 Å². The fraction of sp³-hybridized carbons (Fsp3) is 0.333. The summed E-state index contributed by atoms with van der Waals surface area (Å²) < 4.78 is 4.98. The first-order valence-corrected chi connectivity index (χ1v) is 7.46. The van der Waals surface area contributed by atoms with E-state index in [1.807, 2.05) is 24.3 Å². The molecule has 2 aromatic rings. The standard InChI is InChI=1S/C15H15ClN2O4/c16-5-6-22-15(21)18-8-12-10(7-13(18)14(19)20)9-3-1-2-4-11(9)17-12/h1-4,13,17H,5-8H2,(H,19,20). The molecule has 1 aliphatic rings. The number of nitrogens with zero attached hydrogens (tertiary/aromatic N) is 1. The van der Waals surface area contributed by atoms with Gasteiger partial charge in [0.15, 0.2) is 0 Å². The predicted molar refractivity (Wildman–Crippen MR) is 81.0 cm³/mol. The first-order valence-electron chi connectivity index (χ1n) is 6.92. The molecule has 7 heteroatoms. The van der Waals surface area contributed by atoms with Crippen LogP contribution >= 0.6 is 11.6 Å². The Kier molecular flexibility index (Phi) is 3.94. The topological polar surface area (TPSA) is 82.6 Å². The smallest absolute Gasteiger partial charge is 0.410 e. The van der Waals surface area contributed by atoms with Crippen LogP contribution in [0.5, 0.6) is 0 Å². The number of alkyl halides is 1. The number of hydrogen-bond donors (Lipinski definition) is 2. The third kappa shape index (κ3) is 2.50. The van der Waals surface area contributed by atoms with Gasteiger partial charge in [0.25, 0.3) is 0 Å².